The van der Waals surface area contributed by atoms with E-state index in [-0.39, 0.29) is 18.1 Å². The van der Waals surface area contributed by atoms with E-state index in [0.717, 1.165) is 62.2 Å². The minimum atomic E-state index is -0.289. The van der Waals surface area contributed by atoms with E-state index in [4.69, 9.17) is 19.4 Å². The molecule has 3 aliphatic rings. The second-order valence-electron chi connectivity index (χ2n) is 11.6. The largest absolute Gasteiger partial charge is 0.377 e. The molecular weight excluding hydrogens is 544 g/mol. The Balaban J connectivity index is 1.14. The summed E-state index contributed by atoms with van der Waals surface area (Å²) in [5, 5.41) is 5.88. The molecule has 0 radical (unpaired) electrons. The highest BCUT2D eigenvalue weighted by Crippen LogP contribution is 2.29. The quantitative estimate of drug-likeness (QED) is 0.444. The molecule has 6 rings (SSSR count). The highest BCUT2D eigenvalue weighted by molar-refractivity contribution is 6.00. The van der Waals surface area contributed by atoms with Crippen molar-refractivity contribution in [2.75, 3.05) is 98.1 Å². The maximum Gasteiger partial charge on any atom is 0.323 e. The summed E-state index contributed by atoms with van der Waals surface area (Å²) in [6.07, 6.45) is 0. The zero-order valence-corrected chi connectivity index (χ0v) is 25.3. The lowest BCUT2D eigenvalue weighted by atomic mass is 10.1. The molecule has 11 nitrogen and oxygen atoms in total. The normalized spacial score (nSPS) is 21.5. The molecule has 1 aromatic heterocycles. The lowest BCUT2D eigenvalue weighted by Crippen LogP contribution is -2.45. The van der Waals surface area contributed by atoms with Crippen LogP contribution in [0.4, 0.5) is 33.5 Å². The molecule has 2 N–H and O–H groups in total. The number of aromatic nitrogens is 2. The molecule has 0 unspecified atom stereocenters. The zero-order chi connectivity index (χ0) is 29.8. The highest BCUT2D eigenvalue weighted by Gasteiger charge is 2.26. The van der Waals surface area contributed by atoms with Gasteiger partial charge in [0.25, 0.3) is 0 Å². The summed E-state index contributed by atoms with van der Waals surface area (Å²) in [6.45, 7) is 12.7. The standard InChI is InChI=1S/C32H42N8O3/c1-23-21-42-18-16-39(23)29-20-30(40-17-19-43-22-24(40)2)36-31(35-29)25-4-6-26(7-5-25)33-32(41)34-27-8-10-28(11-9-27)38-14-12-37(3)13-15-38/h4-11,20,23-24H,12-19,21-22H2,1-3H3,(H2,33,34,41)/t23-,24-/m1/s1. The van der Waals surface area contributed by atoms with Crippen LogP contribution in [0.2, 0.25) is 0 Å². The Morgan fingerprint density at radius 1 is 0.744 bits per heavy atom. The van der Waals surface area contributed by atoms with Crippen LogP contribution in [0.1, 0.15) is 13.8 Å². The molecule has 2 aromatic carbocycles. The molecular formula is C32H42N8O3. The average molecular weight is 587 g/mol. The molecule has 0 saturated carbocycles. The zero-order valence-electron chi connectivity index (χ0n) is 25.3. The number of hydrogen-bond donors (Lipinski definition) is 2. The fourth-order valence-corrected chi connectivity index (χ4v) is 5.80. The number of benzene rings is 2. The second kappa shape index (κ2) is 13.2. The van der Waals surface area contributed by atoms with Crippen LogP contribution in [0.3, 0.4) is 0 Å². The van der Waals surface area contributed by atoms with Gasteiger partial charge in [0, 0.05) is 68.0 Å². The van der Waals surface area contributed by atoms with Gasteiger partial charge in [-0.2, -0.15) is 0 Å². The minimum absolute atomic E-state index is 0.222. The van der Waals surface area contributed by atoms with E-state index in [2.05, 4.69) is 69.3 Å². The first-order valence-electron chi connectivity index (χ1n) is 15.2. The maximum absolute atomic E-state index is 12.8. The molecule has 4 heterocycles. The van der Waals surface area contributed by atoms with Gasteiger partial charge in [-0.05, 0) is 69.4 Å². The Labute approximate surface area is 253 Å². The number of anilines is 5. The first-order valence-corrected chi connectivity index (χ1v) is 15.2. The predicted molar refractivity (Wildman–Crippen MR) is 172 cm³/mol. The van der Waals surface area contributed by atoms with Crippen molar-refractivity contribution in [1.29, 1.82) is 0 Å². The average Bonchev–Trinajstić information content (AvgIpc) is 3.02. The van der Waals surface area contributed by atoms with E-state index in [0.29, 0.717) is 37.9 Å². The van der Waals surface area contributed by atoms with Crippen molar-refractivity contribution in [3.63, 3.8) is 0 Å². The number of nitrogens with zero attached hydrogens (tertiary/aromatic N) is 6. The van der Waals surface area contributed by atoms with Gasteiger partial charge in [0.1, 0.15) is 11.6 Å². The highest BCUT2D eigenvalue weighted by atomic mass is 16.5. The van der Waals surface area contributed by atoms with Crippen LogP contribution in [-0.2, 0) is 9.47 Å². The molecule has 43 heavy (non-hydrogen) atoms. The van der Waals surface area contributed by atoms with Crippen LogP contribution in [-0.4, -0.2) is 106 Å². The molecule has 0 spiro atoms. The number of morpholine rings is 2. The van der Waals surface area contributed by atoms with E-state index in [1.807, 2.05) is 36.4 Å². The van der Waals surface area contributed by atoms with Gasteiger partial charge < -0.3 is 39.7 Å². The molecule has 0 aliphatic carbocycles. The van der Waals surface area contributed by atoms with Crippen LogP contribution in [0.5, 0.6) is 0 Å². The first kappa shape index (κ1) is 29.2. The van der Waals surface area contributed by atoms with Crippen LogP contribution in [0.15, 0.2) is 54.6 Å². The van der Waals surface area contributed by atoms with E-state index < -0.39 is 0 Å². The number of ether oxygens (including phenoxy) is 2. The number of rotatable bonds is 6. The molecule has 11 heteroatoms. The number of hydrogen-bond acceptors (Lipinski definition) is 9. The van der Waals surface area contributed by atoms with Crippen LogP contribution >= 0.6 is 0 Å². The van der Waals surface area contributed by atoms with Gasteiger partial charge in [0.2, 0.25) is 0 Å². The number of likely N-dealkylation sites (N-methyl/N-ethyl adjacent to an activating group) is 1. The first-order chi connectivity index (χ1) is 20.9. The number of urea groups is 1. The summed E-state index contributed by atoms with van der Waals surface area (Å²) in [7, 11) is 2.15. The summed E-state index contributed by atoms with van der Waals surface area (Å²) in [5.41, 5.74) is 3.50. The van der Waals surface area contributed by atoms with E-state index in [9.17, 15) is 4.79 Å². The fraction of sp³-hybridized carbons (Fsp3) is 0.469. The van der Waals surface area contributed by atoms with Gasteiger partial charge in [0.15, 0.2) is 5.82 Å². The molecule has 3 saturated heterocycles. The van der Waals surface area contributed by atoms with E-state index >= 15 is 0 Å². The van der Waals surface area contributed by atoms with Crippen molar-refractivity contribution in [1.82, 2.24) is 14.9 Å². The Bertz CT molecular complexity index is 1340. The lowest BCUT2D eigenvalue weighted by Gasteiger charge is -2.37. The third-order valence-electron chi connectivity index (χ3n) is 8.42. The van der Waals surface area contributed by atoms with Gasteiger partial charge in [-0.25, -0.2) is 14.8 Å². The van der Waals surface area contributed by atoms with Crippen molar-refractivity contribution in [2.45, 2.75) is 25.9 Å². The third-order valence-corrected chi connectivity index (χ3v) is 8.42. The third kappa shape index (κ3) is 7.01. The SMILES string of the molecule is C[C@@H]1COCCN1c1cc(N2CCOC[C@H]2C)nc(-c2ccc(NC(=O)Nc3ccc(N4CCN(C)CC4)cc3)cc2)n1. The Morgan fingerprint density at radius 2 is 1.26 bits per heavy atom. The summed E-state index contributed by atoms with van der Waals surface area (Å²) >= 11 is 0. The van der Waals surface area contributed by atoms with Crippen molar-refractivity contribution in [2.24, 2.45) is 0 Å². The van der Waals surface area contributed by atoms with E-state index in [1.54, 1.807) is 0 Å². The summed E-state index contributed by atoms with van der Waals surface area (Å²) in [4.78, 5) is 32.0. The molecule has 3 fully saturated rings. The molecule has 3 aliphatic heterocycles. The van der Waals surface area contributed by atoms with Gasteiger partial charge in [-0.15, -0.1) is 0 Å². The topological polar surface area (TPSA) is 98.3 Å². The molecule has 2 atom stereocenters. The monoisotopic (exact) mass is 586 g/mol. The van der Waals surface area contributed by atoms with Crippen LogP contribution in [0, 0.1) is 0 Å². The van der Waals surface area contributed by atoms with Gasteiger partial charge >= 0.3 is 6.03 Å². The number of nitrogens with one attached hydrogen (secondary N) is 2. The summed E-state index contributed by atoms with van der Waals surface area (Å²) < 4.78 is 11.3. The van der Waals surface area contributed by atoms with E-state index in [1.165, 1.54) is 5.69 Å². The van der Waals surface area contributed by atoms with Crippen LogP contribution < -0.4 is 25.3 Å². The Morgan fingerprint density at radius 3 is 1.77 bits per heavy atom. The molecule has 2 amide bonds. The Hall–Kier alpha value is -3.93. The smallest absolute Gasteiger partial charge is 0.323 e. The lowest BCUT2D eigenvalue weighted by molar-refractivity contribution is 0.0978. The van der Waals surface area contributed by atoms with Crippen LogP contribution in [0.25, 0.3) is 11.4 Å². The van der Waals surface area contributed by atoms with Gasteiger partial charge in [-0.1, -0.05) is 0 Å². The second-order valence-corrected chi connectivity index (χ2v) is 11.6. The van der Waals surface area contributed by atoms with Gasteiger partial charge in [-0.3, -0.25) is 0 Å². The number of piperazine rings is 1. The van der Waals surface area contributed by atoms with Gasteiger partial charge in [0.05, 0.1) is 38.5 Å². The fourth-order valence-electron chi connectivity index (χ4n) is 5.80. The number of amides is 2. The molecule has 228 valence electrons. The molecule has 3 aromatic rings. The summed E-state index contributed by atoms with van der Waals surface area (Å²) in [5.74, 6) is 2.45. The van der Waals surface area contributed by atoms with Crippen molar-refractivity contribution in [3.05, 3.63) is 54.6 Å². The number of carbonyl (C=O) groups is 1. The minimum Gasteiger partial charge on any atom is -0.377 e. The maximum atomic E-state index is 12.8. The van der Waals surface area contributed by atoms with Crippen molar-refractivity contribution < 1.29 is 14.3 Å². The van der Waals surface area contributed by atoms with Crippen molar-refractivity contribution in [3.8, 4) is 11.4 Å². The summed E-state index contributed by atoms with van der Waals surface area (Å²) in [6, 6.07) is 17.9. The number of carbonyl (C=O) groups excluding carboxylic acids is 1. The molecule has 0 bridgehead atoms. The predicted octanol–water partition coefficient (Wildman–Crippen LogP) is 3.99. The Kier molecular flexibility index (Phi) is 8.92. The van der Waals surface area contributed by atoms with Crippen molar-refractivity contribution >= 4 is 34.7 Å².